The summed E-state index contributed by atoms with van der Waals surface area (Å²) in [5.74, 6) is 2.75. The zero-order valence-electron chi connectivity index (χ0n) is 15.9. The quantitative estimate of drug-likeness (QED) is 0.759. The van der Waals surface area contributed by atoms with Crippen molar-refractivity contribution in [2.24, 2.45) is 0 Å². The van der Waals surface area contributed by atoms with Crippen LogP contribution in [0.1, 0.15) is 12.5 Å². The summed E-state index contributed by atoms with van der Waals surface area (Å²) in [7, 11) is 3.41. The van der Waals surface area contributed by atoms with Gasteiger partial charge < -0.3 is 19.1 Å². The Morgan fingerprint density at radius 3 is 2.35 bits per heavy atom. The summed E-state index contributed by atoms with van der Waals surface area (Å²) in [6, 6.07) is 14.3. The minimum atomic E-state index is 0.687. The monoisotopic (exact) mass is 356 g/mol. The van der Waals surface area contributed by atoms with Crippen molar-refractivity contribution in [2.75, 3.05) is 51.9 Å². The minimum absolute atomic E-state index is 0.687. The number of ether oxygens (including phenoxy) is 3. The molecule has 3 rings (SSSR count). The number of hydrogen-bond acceptors (Lipinski definition) is 5. The molecule has 0 saturated carbocycles. The summed E-state index contributed by atoms with van der Waals surface area (Å²) in [5.41, 5.74) is 2.35. The maximum atomic E-state index is 5.78. The van der Waals surface area contributed by atoms with Crippen molar-refractivity contribution in [2.45, 2.75) is 13.5 Å². The second-order valence-electron chi connectivity index (χ2n) is 6.34. The van der Waals surface area contributed by atoms with Gasteiger partial charge >= 0.3 is 0 Å². The van der Waals surface area contributed by atoms with Gasteiger partial charge in [0, 0.05) is 38.3 Å². The molecule has 0 bridgehead atoms. The highest BCUT2D eigenvalue weighted by Gasteiger charge is 2.20. The van der Waals surface area contributed by atoms with Crippen LogP contribution < -0.4 is 19.1 Å². The molecule has 1 fully saturated rings. The van der Waals surface area contributed by atoms with Crippen LogP contribution in [-0.2, 0) is 6.54 Å². The molecule has 0 aromatic heterocycles. The number of hydrogen-bond donors (Lipinski definition) is 0. The zero-order chi connectivity index (χ0) is 18.4. The van der Waals surface area contributed by atoms with Gasteiger partial charge in [-0.25, -0.2) is 0 Å². The summed E-state index contributed by atoms with van der Waals surface area (Å²) in [5, 5.41) is 0. The fourth-order valence-electron chi connectivity index (χ4n) is 3.39. The number of piperazine rings is 1. The van der Waals surface area contributed by atoms with Gasteiger partial charge in [0.15, 0.2) is 0 Å². The van der Waals surface area contributed by atoms with Gasteiger partial charge in [-0.1, -0.05) is 12.1 Å². The van der Waals surface area contributed by atoms with Crippen LogP contribution in [0.5, 0.6) is 17.2 Å². The molecule has 1 heterocycles. The predicted octanol–water partition coefficient (Wildman–Crippen LogP) is 3.42. The Labute approximate surface area is 156 Å². The summed E-state index contributed by atoms with van der Waals surface area (Å²) in [6.45, 7) is 7.54. The van der Waals surface area contributed by atoms with E-state index in [1.807, 2.05) is 31.2 Å². The molecule has 140 valence electrons. The van der Waals surface area contributed by atoms with Crippen LogP contribution in [0, 0.1) is 0 Å². The summed E-state index contributed by atoms with van der Waals surface area (Å²) < 4.78 is 16.7. The van der Waals surface area contributed by atoms with E-state index < -0.39 is 0 Å². The first kappa shape index (κ1) is 18.4. The van der Waals surface area contributed by atoms with Crippen LogP contribution in [0.3, 0.4) is 0 Å². The van der Waals surface area contributed by atoms with Crippen LogP contribution in [0.15, 0.2) is 42.5 Å². The third-order valence-corrected chi connectivity index (χ3v) is 4.76. The Kier molecular flexibility index (Phi) is 6.23. The fraction of sp³-hybridized carbons (Fsp3) is 0.429. The van der Waals surface area contributed by atoms with Gasteiger partial charge in [0.05, 0.1) is 26.5 Å². The van der Waals surface area contributed by atoms with E-state index in [0.29, 0.717) is 6.61 Å². The molecule has 26 heavy (non-hydrogen) atoms. The standard InChI is InChI=1S/C21H28N2O3/c1-4-26-21-8-6-5-7-19(21)23-13-11-22(12-14-23)16-17-15-18(24-2)9-10-20(17)25-3/h5-10,15H,4,11-14,16H2,1-3H3. The second kappa shape index (κ2) is 8.81. The molecule has 0 radical (unpaired) electrons. The summed E-state index contributed by atoms with van der Waals surface area (Å²) >= 11 is 0. The largest absolute Gasteiger partial charge is 0.497 e. The predicted molar refractivity (Wildman–Crippen MR) is 105 cm³/mol. The molecule has 5 nitrogen and oxygen atoms in total. The Bertz CT molecular complexity index is 712. The van der Waals surface area contributed by atoms with Crippen LogP contribution >= 0.6 is 0 Å². The summed E-state index contributed by atoms with van der Waals surface area (Å²) in [4.78, 5) is 4.86. The van der Waals surface area contributed by atoms with Crippen molar-refractivity contribution in [3.8, 4) is 17.2 Å². The van der Waals surface area contributed by atoms with E-state index in [4.69, 9.17) is 14.2 Å². The number of nitrogens with zero attached hydrogens (tertiary/aromatic N) is 2. The third kappa shape index (κ3) is 4.22. The first-order valence-electron chi connectivity index (χ1n) is 9.15. The maximum absolute atomic E-state index is 5.78. The lowest BCUT2D eigenvalue weighted by atomic mass is 10.1. The highest BCUT2D eigenvalue weighted by Crippen LogP contribution is 2.30. The van der Waals surface area contributed by atoms with Crippen LogP contribution in [0.2, 0.25) is 0 Å². The van der Waals surface area contributed by atoms with Crippen molar-refractivity contribution >= 4 is 5.69 Å². The number of rotatable bonds is 7. The van der Waals surface area contributed by atoms with E-state index >= 15 is 0 Å². The lowest BCUT2D eigenvalue weighted by molar-refractivity contribution is 0.244. The number of anilines is 1. The molecule has 0 aliphatic carbocycles. The molecule has 1 aliphatic heterocycles. The Morgan fingerprint density at radius 1 is 0.885 bits per heavy atom. The van der Waals surface area contributed by atoms with Gasteiger partial charge in [-0.15, -0.1) is 0 Å². The van der Waals surface area contributed by atoms with Crippen LogP contribution in [-0.4, -0.2) is 51.9 Å². The van der Waals surface area contributed by atoms with E-state index in [1.54, 1.807) is 14.2 Å². The van der Waals surface area contributed by atoms with Gasteiger partial charge in [0.1, 0.15) is 17.2 Å². The first-order valence-corrected chi connectivity index (χ1v) is 9.15. The van der Waals surface area contributed by atoms with E-state index in [-0.39, 0.29) is 0 Å². The minimum Gasteiger partial charge on any atom is -0.497 e. The average Bonchev–Trinajstić information content (AvgIpc) is 2.69. The first-order chi connectivity index (χ1) is 12.7. The Morgan fingerprint density at radius 2 is 1.65 bits per heavy atom. The average molecular weight is 356 g/mol. The van der Waals surface area contributed by atoms with Gasteiger partial charge in [-0.3, -0.25) is 4.90 Å². The smallest absolute Gasteiger partial charge is 0.142 e. The Balaban J connectivity index is 1.64. The highest BCUT2D eigenvalue weighted by molar-refractivity contribution is 5.58. The van der Waals surface area contributed by atoms with Gasteiger partial charge in [0.2, 0.25) is 0 Å². The fourth-order valence-corrected chi connectivity index (χ4v) is 3.39. The van der Waals surface area contributed by atoms with Crippen molar-refractivity contribution in [1.82, 2.24) is 4.90 Å². The molecule has 5 heteroatoms. The van der Waals surface area contributed by atoms with Crippen molar-refractivity contribution in [3.05, 3.63) is 48.0 Å². The van der Waals surface area contributed by atoms with Crippen molar-refractivity contribution < 1.29 is 14.2 Å². The number of para-hydroxylation sites is 2. The van der Waals surface area contributed by atoms with Gasteiger partial charge in [-0.05, 0) is 37.3 Å². The van der Waals surface area contributed by atoms with E-state index in [0.717, 1.165) is 55.5 Å². The molecule has 2 aromatic carbocycles. The molecular formula is C21H28N2O3. The SMILES string of the molecule is CCOc1ccccc1N1CCN(Cc2cc(OC)ccc2OC)CC1. The molecule has 0 spiro atoms. The van der Waals surface area contributed by atoms with E-state index in [1.165, 1.54) is 5.69 Å². The topological polar surface area (TPSA) is 34.2 Å². The summed E-state index contributed by atoms with van der Waals surface area (Å²) in [6.07, 6.45) is 0. The molecule has 0 unspecified atom stereocenters. The van der Waals surface area contributed by atoms with Gasteiger partial charge in [0.25, 0.3) is 0 Å². The molecule has 1 saturated heterocycles. The van der Waals surface area contributed by atoms with Crippen molar-refractivity contribution in [1.29, 1.82) is 0 Å². The van der Waals surface area contributed by atoms with Gasteiger partial charge in [-0.2, -0.15) is 0 Å². The van der Waals surface area contributed by atoms with Crippen molar-refractivity contribution in [3.63, 3.8) is 0 Å². The van der Waals surface area contributed by atoms with Crippen LogP contribution in [0.25, 0.3) is 0 Å². The second-order valence-corrected chi connectivity index (χ2v) is 6.34. The molecular weight excluding hydrogens is 328 g/mol. The molecule has 2 aromatic rings. The maximum Gasteiger partial charge on any atom is 0.142 e. The van der Waals surface area contributed by atoms with E-state index in [9.17, 15) is 0 Å². The Hall–Kier alpha value is -2.40. The molecule has 0 amide bonds. The zero-order valence-corrected chi connectivity index (χ0v) is 15.9. The normalized spacial score (nSPS) is 15.0. The van der Waals surface area contributed by atoms with Crippen LogP contribution in [0.4, 0.5) is 5.69 Å². The lowest BCUT2D eigenvalue weighted by Crippen LogP contribution is -2.46. The number of benzene rings is 2. The third-order valence-electron chi connectivity index (χ3n) is 4.76. The molecule has 1 aliphatic rings. The lowest BCUT2D eigenvalue weighted by Gasteiger charge is -2.36. The molecule has 0 N–H and O–H groups in total. The molecule has 0 atom stereocenters. The highest BCUT2D eigenvalue weighted by atomic mass is 16.5. The number of methoxy groups -OCH3 is 2. The van der Waals surface area contributed by atoms with E-state index in [2.05, 4.69) is 28.0 Å².